The summed E-state index contributed by atoms with van der Waals surface area (Å²) >= 11 is 12.6. The first-order chi connectivity index (χ1) is 21.5. The number of aliphatic imine (C=N–C) groups is 1. The first kappa shape index (κ1) is 30.7. The number of nitrogens with zero attached hydrogens (tertiary/aromatic N) is 5. The predicted molar refractivity (Wildman–Crippen MR) is 175 cm³/mol. The monoisotopic (exact) mass is 635 g/mol. The van der Waals surface area contributed by atoms with Gasteiger partial charge in [-0.25, -0.2) is 14.8 Å². The molecule has 232 valence electrons. The average Bonchev–Trinajstić information content (AvgIpc) is 3.72. The third-order valence-electron chi connectivity index (χ3n) is 8.51. The molecule has 0 radical (unpaired) electrons. The van der Waals surface area contributed by atoms with Crippen LogP contribution in [0.2, 0.25) is 10.0 Å². The first-order valence-electron chi connectivity index (χ1n) is 15.5. The summed E-state index contributed by atoms with van der Waals surface area (Å²) in [4.78, 5) is 23.9. The van der Waals surface area contributed by atoms with Gasteiger partial charge in [0.1, 0.15) is 23.4 Å². The van der Waals surface area contributed by atoms with Crippen LogP contribution in [0.25, 0.3) is 0 Å². The molecule has 3 aliphatic heterocycles. The lowest BCUT2D eigenvalue weighted by Gasteiger charge is -2.41. The number of hydrogen-bond acceptors (Lipinski definition) is 6. The number of hydrogen-bond donors (Lipinski definition) is 0. The molecule has 0 spiro atoms. The molecule has 2 amide bonds. The van der Waals surface area contributed by atoms with Gasteiger partial charge in [-0.3, -0.25) is 9.89 Å². The van der Waals surface area contributed by atoms with Gasteiger partial charge in [0.05, 0.1) is 24.8 Å². The Hall–Kier alpha value is -3.30. The normalized spacial score (nSPS) is 21.0. The van der Waals surface area contributed by atoms with Crippen LogP contribution in [-0.2, 0) is 0 Å². The summed E-state index contributed by atoms with van der Waals surface area (Å²) in [6.45, 7) is 9.99. The van der Waals surface area contributed by atoms with Crippen molar-refractivity contribution >= 4 is 35.1 Å². The van der Waals surface area contributed by atoms with Crippen LogP contribution in [0, 0.1) is 0 Å². The molecule has 2 fully saturated rings. The molecule has 0 N–H and O–H groups in total. The number of rotatable bonds is 8. The molecule has 0 bridgehead atoms. The van der Waals surface area contributed by atoms with E-state index in [4.69, 9.17) is 37.7 Å². The van der Waals surface area contributed by atoms with E-state index in [-0.39, 0.29) is 12.1 Å². The van der Waals surface area contributed by atoms with E-state index in [0.717, 1.165) is 42.9 Å². The Kier molecular flexibility index (Phi) is 9.62. The second-order valence-electron chi connectivity index (χ2n) is 11.2. The lowest BCUT2D eigenvalue weighted by molar-refractivity contribution is -0.0341. The average molecular weight is 637 g/mol. The Morgan fingerprint density at radius 1 is 0.773 bits per heavy atom. The second kappa shape index (κ2) is 13.8. The summed E-state index contributed by atoms with van der Waals surface area (Å²) in [5.74, 6) is 1.90. The number of benzene rings is 3. The highest BCUT2D eigenvalue weighted by Gasteiger charge is 2.45. The third-order valence-corrected chi connectivity index (χ3v) is 9.01. The smallest absolute Gasteiger partial charge is 0.326 e. The SMILES string of the molecule is CCOc1ccc(C2=NC(c3ccc(Cl)cc3)C(c3ccc(Cl)cc3)N2C(=O)N2CCN(N3CCCC3)CC2)c(OCC)c1. The van der Waals surface area contributed by atoms with Gasteiger partial charge >= 0.3 is 6.03 Å². The number of ether oxygens (including phenoxy) is 2. The molecule has 3 aromatic carbocycles. The van der Waals surface area contributed by atoms with E-state index in [1.165, 1.54) is 12.8 Å². The molecule has 2 saturated heterocycles. The number of urea groups is 1. The van der Waals surface area contributed by atoms with Gasteiger partial charge in [-0.2, -0.15) is 0 Å². The van der Waals surface area contributed by atoms with Crippen molar-refractivity contribution in [3.63, 3.8) is 0 Å². The number of halogens is 2. The minimum atomic E-state index is -0.409. The maximum Gasteiger partial charge on any atom is 0.326 e. The Morgan fingerprint density at radius 3 is 1.98 bits per heavy atom. The van der Waals surface area contributed by atoms with Crippen LogP contribution in [0.5, 0.6) is 11.5 Å². The summed E-state index contributed by atoms with van der Waals surface area (Å²) in [5, 5.41) is 6.12. The molecular weight excluding hydrogens is 597 g/mol. The quantitative estimate of drug-likeness (QED) is 0.265. The van der Waals surface area contributed by atoms with Gasteiger partial charge in [-0.1, -0.05) is 47.5 Å². The van der Waals surface area contributed by atoms with Crippen molar-refractivity contribution in [2.24, 2.45) is 4.99 Å². The van der Waals surface area contributed by atoms with Crippen molar-refractivity contribution in [3.8, 4) is 11.5 Å². The third kappa shape index (κ3) is 6.40. The number of piperazine rings is 1. The largest absolute Gasteiger partial charge is 0.494 e. The summed E-state index contributed by atoms with van der Waals surface area (Å²) in [5.41, 5.74) is 2.65. The van der Waals surface area contributed by atoms with Crippen LogP contribution in [0.15, 0.2) is 71.7 Å². The minimum absolute atomic E-state index is 0.0717. The molecule has 2 atom stereocenters. The number of amides is 2. The van der Waals surface area contributed by atoms with Crippen molar-refractivity contribution in [1.29, 1.82) is 0 Å². The van der Waals surface area contributed by atoms with E-state index >= 15 is 0 Å². The van der Waals surface area contributed by atoms with Crippen molar-refractivity contribution in [2.75, 3.05) is 52.5 Å². The van der Waals surface area contributed by atoms with Crippen LogP contribution >= 0.6 is 23.2 Å². The fourth-order valence-corrected chi connectivity index (χ4v) is 6.63. The molecule has 0 aliphatic carbocycles. The molecule has 8 nitrogen and oxygen atoms in total. The lowest BCUT2D eigenvalue weighted by Crippen LogP contribution is -2.57. The zero-order valence-corrected chi connectivity index (χ0v) is 26.8. The van der Waals surface area contributed by atoms with Gasteiger partial charge in [0.15, 0.2) is 0 Å². The van der Waals surface area contributed by atoms with E-state index < -0.39 is 6.04 Å². The number of hydrazine groups is 1. The number of carbonyl (C=O) groups excluding carboxylic acids is 1. The summed E-state index contributed by atoms with van der Waals surface area (Å²) in [6, 6.07) is 20.3. The van der Waals surface area contributed by atoms with Crippen LogP contribution in [0.3, 0.4) is 0 Å². The molecule has 3 aliphatic rings. The maximum absolute atomic E-state index is 14.8. The van der Waals surface area contributed by atoms with Crippen molar-refractivity contribution < 1.29 is 14.3 Å². The van der Waals surface area contributed by atoms with Gasteiger partial charge in [0.2, 0.25) is 0 Å². The Balaban J connectivity index is 1.43. The molecule has 2 unspecified atom stereocenters. The summed E-state index contributed by atoms with van der Waals surface area (Å²) in [6.07, 6.45) is 2.46. The van der Waals surface area contributed by atoms with E-state index in [9.17, 15) is 4.79 Å². The first-order valence-corrected chi connectivity index (χ1v) is 16.3. The maximum atomic E-state index is 14.8. The Labute approximate surface area is 269 Å². The van der Waals surface area contributed by atoms with Gasteiger partial charge in [0.25, 0.3) is 0 Å². The molecular formula is C34H39Cl2N5O3. The molecule has 3 aromatic rings. The molecule has 0 aromatic heterocycles. The van der Waals surface area contributed by atoms with Crippen molar-refractivity contribution in [2.45, 2.75) is 38.8 Å². The van der Waals surface area contributed by atoms with Gasteiger partial charge in [-0.15, -0.1) is 0 Å². The molecule has 44 heavy (non-hydrogen) atoms. The fourth-order valence-electron chi connectivity index (χ4n) is 6.38. The molecule has 6 rings (SSSR count). The predicted octanol–water partition coefficient (Wildman–Crippen LogP) is 7.08. The van der Waals surface area contributed by atoms with Crippen LogP contribution in [0.4, 0.5) is 4.79 Å². The lowest BCUT2D eigenvalue weighted by atomic mass is 9.93. The highest BCUT2D eigenvalue weighted by atomic mass is 35.5. The molecule has 0 saturated carbocycles. The van der Waals surface area contributed by atoms with E-state index in [1.807, 2.05) is 90.4 Å². The highest BCUT2D eigenvalue weighted by Crippen LogP contribution is 2.46. The fraction of sp³-hybridized carbons (Fsp3) is 0.412. The Morgan fingerprint density at radius 2 is 1.36 bits per heavy atom. The minimum Gasteiger partial charge on any atom is -0.494 e. The topological polar surface area (TPSA) is 60.9 Å². The van der Waals surface area contributed by atoms with Gasteiger partial charge in [-0.05, 0) is 74.2 Å². The van der Waals surface area contributed by atoms with Gasteiger partial charge in [0, 0.05) is 55.4 Å². The van der Waals surface area contributed by atoms with Gasteiger partial charge < -0.3 is 14.4 Å². The van der Waals surface area contributed by atoms with Crippen LogP contribution in [0.1, 0.15) is 55.5 Å². The number of carbonyl (C=O) groups is 1. The van der Waals surface area contributed by atoms with Crippen molar-refractivity contribution in [1.82, 2.24) is 19.8 Å². The summed E-state index contributed by atoms with van der Waals surface area (Å²) < 4.78 is 11.9. The van der Waals surface area contributed by atoms with Crippen LogP contribution < -0.4 is 9.47 Å². The number of amidine groups is 1. The van der Waals surface area contributed by atoms with Crippen molar-refractivity contribution in [3.05, 3.63) is 93.5 Å². The molecule has 3 heterocycles. The summed E-state index contributed by atoms with van der Waals surface area (Å²) in [7, 11) is 0. The second-order valence-corrected chi connectivity index (χ2v) is 12.1. The standard InChI is InChI=1S/C34H39Cl2N5O3/c1-3-43-28-15-16-29(30(23-28)44-4-2)33-37-31(24-7-11-26(35)12-8-24)32(25-9-13-27(36)14-10-25)41(33)34(42)38-19-21-40(22-20-38)39-17-5-6-18-39/h7-16,23,31-32H,3-6,17-22H2,1-2H3. The van der Waals surface area contributed by atoms with E-state index in [2.05, 4.69) is 10.0 Å². The highest BCUT2D eigenvalue weighted by molar-refractivity contribution is 6.30. The zero-order chi connectivity index (χ0) is 30.6. The van der Waals surface area contributed by atoms with E-state index in [0.29, 0.717) is 53.7 Å². The van der Waals surface area contributed by atoms with E-state index in [1.54, 1.807) is 0 Å². The zero-order valence-electron chi connectivity index (χ0n) is 25.3. The Bertz CT molecular complexity index is 1470. The molecule has 10 heteroatoms. The van der Waals surface area contributed by atoms with Crippen LogP contribution in [-0.4, -0.2) is 84.2 Å².